The van der Waals surface area contributed by atoms with Crippen LogP contribution in [0, 0.1) is 0 Å². The Hall–Kier alpha value is -9.18. The number of hydrogen-bond donors (Lipinski definition) is 0. The third kappa shape index (κ3) is 6.36. The Bertz CT molecular complexity index is 4200. The molecular weight excluding hydrogens is 837 g/mol. The Labute approximate surface area is 399 Å². The predicted octanol–water partition coefficient (Wildman–Crippen LogP) is 18.6. The van der Waals surface area contributed by atoms with Crippen LogP contribution in [0.25, 0.3) is 115 Å². The first-order chi connectivity index (χ1) is 34.2. The van der Waals surface area contributed by atoms with Crippen LogP contribution < -0.4 is 4.90 Å². The zero-order chi connectivity index (χ0) is 45.4. The molecule has 0 bridgehead atoms. The van der Waals surface area contributed by atoms with Crippen molar-refractivity contribution in [2.24, 2.45) is 0 Å². The van der Waals surface area contributed by atoms with Gasteiger partial charge in [-0.1, -0.05) is 182 Å². The molecular formula is C66H42N2O. The lowest BCUT2D eigenvalue weighted by Crippen LogP contribution is -2.10. The van der Waals surface area contributed by atoms with E-state index in [9.17, 15) is 0 Å². The first kappa shape index (κ1) is 39.0. The molecule has 3 heteroatoms. The Morgan fingerprint density at radius 2 is 0.725 bits per heavy atom. The maximum Gasteiger partial charge on any atom is 0.136 e. The number of rotatable bonds is 7. The van der Waals surface area contributed by atoms with Gasteiger partial charge in [0.05, 0.1) is 11.0 Å². The minimum absolute atomic E-state index is 0.898. The highest BCUT2D eigenvalue weighted by molar-refractivity contribution is 6.26. The standard InChI is InChI=1S/C66H42N2O/c1-2-17-55-53(15-1)54-16-3-4-18-56(54)61-42-51(39-40-57(55)61)67(49-37-33-46(34-38-49)52-22-12-26-65-66(52)60-21-7-10-25-64(60)69-65)48-35-31-44(32-36-48)43-27-29-45(30-28-43)47-13-11-14-50(41-47)68-62-23-8-5-19-58(62)59-20-6-9-24-63(59)68/h1-42H. The van der Waals surface area contributed by atoms with Crippen molar-refractivity contribution in [2.45, 2.75) is 0 Å². The Balaban J connectivity index is 0.841. The molecule has 69 heavy (non-hydrogen) atoms. The van der Waals surface area contributed by atoms with Crippen LogP contribution in [0.1, 0.15) is 0 Å². The lowest BCUT2D eigenvalue weighted by atomic mass is 9.94. The van der Waals surface area contributed by atoms with Gasteiger partial charge in [0.25, 0.3) is 0 Å². The van der Waals surface area contributed by atoms with Crippen LogP contribution in [0.5, 0.6) is 0 Å². The molecule has 0 unspecified atom stereocenters. The molecule has 0 aliphatic carbocycles. The zero-order valence-corrected chi connectivity index (χ0v) is 37.6. The SMILES string of the molecule is c1cc(-c2ccc(-c3ccc(N(c4ccc(-c5cccc6oc7ccccc7c56)cc4)c4ccc5c6ccccc6c6ccccc6c5c4)cc3)cc2)cc(-n2c3ccccc3c3ccccc32)c1. The molecule has 14 rings (SSSR count). The molecule has 322 valence electrons. The minimum Gasteiger partial charge on any atom is -0.456 e. The third-order valence-corrected chi connectivity index (χ3v) is 14.2. The number of para-hydroxylation sites is 3. The fourth-order valence-corrected chi connectivity index (χ4v) is 11.0. The van der Waals surface area contributed by atoms with Crippen molar-refractivity contribution in [2.75, 3.05) is 4.90 Å². The molecule has 0 radical (unpaired) electrons. The summed E-state index contributed by atoms with van der Waals surface area (Å²) in [4.78, 5) is 2.39. The first-order valence-electron chi connectivity index (χ1n) is 23.7. The van der Waals surface area contributed by atoms with Crippen LogP contribution in [0.15, 0.2) is 259 Å². The van der Waals surface area contributed by atoms with E-state index in [1.165, 1.54) is 70.8 Å². The average Bonchev–Trinajstić information content (AvgIpc) is 3.98. The Morgan fingerprint density at radius 1 is 0.275 bits per heavy atom. The van der Waals surface area contributed by atoms with Gasteiger partial charge in [0, 0.05) is 44.3 Å². The average molecular weight is 879 g/mol. The van der Waals surface area contributed by atoms with E-state index in [1.54, 1.807) is 0 Å². The Kier molecular flexibility index (Phi) is 8.90. The summed E-state index contributed by atoms with van der Waals surface area (Å²) in [5.41, 5.74) is 15.6. The maximum atomic E-state index is 6.28. The van der Waals surface area contributed by atoms with Crippen LogP contribution in [-0.4, -0.2) is 4.57 Å². The van der Waals surface area contributed by atoms with Gasteiger partial charge in [0.15, 0.2) is 0 Å². The van der Waals surface area contributed by atoms with Crippen molar-refractivity contribution in [1.29, 1.82) is 0 Å². The summed E-state index contributed by atoms with van der Waals surface area (Å²) in [5.74, 6) is 0. The van der Waals surface area contributed by atoms with E-state index in [0.717, 1.165) is 61.4 Å². The molecule has 0 amide bonds. The van der Waals surface area contributed by atoms with Crippen LogP contribution in [0.2, 0.25) is 0 Å². The van der Waals surface area contributed by atoms with Crippen molar-refractivity contribution < 1.29 is 4.42 Å². The predicted molar refractivity (Wildman–Crippen MR) is 292 cm³/mol. The molecule has 3 nitrogen and oxygen atoms in total. The van der Waals surface area contributed by atoms with Gasteiger partial charge in [0.1, 0.15) is 11.2 Å². The van der Waals surface area contributed by atoms with Crippen LogP contribution in [-0.2, 0) is 0 Å². The minimum atomic E-state index is 0.898. The summed E-state index contributed by atoms with van der Waals surface area (Å²) in [6.07, 6.45) is 0. The molecule has 2 aromatic heterocycles. The first-order valence-corrected chi connectivity index (χ1v) is 23.7. The second kappa shape index (κ2) is 15.7. The second-order valence-electron chi connectivity index (χ2n) is 18.0. The molecule has 0 spiro atoms. The van der Waals surface area contributed by atoms with Crippen molar-refractivity contribution in [3.05, 3.63) is 255 Å². The lowest BCUT2D eigenvalue weighted by molar-refractivity contribution is 0.669. The number of furan rings is 1. The molecule has 12 aromatic carbocycles. The number of hydrogen-bond acceptors (Lipinski definition) is 2. The Morgan fingerprint density at radius 3 is 1.35 bits per heavy atom. The summed E-state index contributed by atoms with van der Waals surface area (Å²) in [5, 5.41) is 12.3. The number of nitrogens with zero attached hydrogens (tertiary/aromatic N) is 2. The fraction of sp³-hybridized carbons (Fsp3) is 0. The van der Waals surface area contributed by atoms with E-state index in [1.807, 2.05) is 12.1 Å². The van der Waals surface area contributed by atoms with Gasteiger partial charge in [0.2, 0.25) is 0 Å². The molecule has 0 aliphatic rings. The fourth-order valence-electron chi connectivity index (χ4n) is 11.0. The molecule has 0 aliphatic heterocycles. The summed E-state index contributed by atoms with van der Waals surface area (Å²) in [7, 11) is 0. The van der Waals surface area contributed by atoms with Crippen LogP contribution >= 0.6 is 0 Å². The van der Waals surface area contributed by atoms with E-state index in [2.05, 4.69) is 252 Å². The van der Waals surface area contributed by atoms with Crippen molar-refractivity contribution in [3.8, 4) is 39.1 Å². The number of benzene rings is 12. The molecule has 14 aromatic rings. The van der Waals surface area contributed by atoms with Gasteiger partial charge in [-0.3, -0.25) is 0 Å². The quantitative estimate of drug-likeness (QED) is 0.149. The maximum absolute atomic E-state index is 6.28. The highest BCUT2D eigenvalue weighted by Crippen LogP contribution is 2.43. The zero-order valence-electron chi connectivity index (χ0n) is 37.6. The van der Waals surface area contributed by atoms with Gasteiger partial charge < -0.3 is 13.9 Å². The van der Waals surface area contributed by atoms with E-state index in [4.69, 9.17) is 4.42 Å². The lowest BCUT2D eigenvalue weighted by Gasteiger charge is -2.27. The van der Waals surface area contributed by atoms with Crippen molar-refractivity contribution >= 4 is 93.1 Å². The molecule has 0 saturated heterocycles. The molecule has 0 fully saturated rings. The largest absolute Gasteiger partial charge is 0.456 e. The highest BCUT2D eigenvalue weighted by atomic mass is 16.3. The summed E-state index contributed by atoms with van der Waals surface area (Å²) in [6, 6.07) is 92.5. The van der Waals surface area contributed by atoms with Gasteiger partial charge >= 0.3 is 0 Å². The topological polar surface area (TPSA) is 21.3 Å². The molecule has 0 atom stereocenters. The molecule has 0 N–H and O–H groups in total. The monoisotopic (exact) mass is 878 g/mol. The normalized spacial score (nSPS) is 11.8. The van der Waals surface area contributed by atoms with Crippen LogP contribution in [0.4, 0.5) is 17.1 Å². The van der Waals surface area contributed by atoms with E-state index < -0.39 is 0 Å². The second-order valence-corrected chi connectivity index (χ2v) is 18.0. The van der Waals surface area contributed by atoms with E-state index in [0.29, 0.717) is 0 Å². The number of anilines is 3. The molecule has 0 saturated carbocycles. The third-order valence-electron chi connectivity index (χ3n) is 14.2. The van der Waals surface area contributed by atoms with E-state index in [-0.39, 0.29) is 0 Å². The number of fused-ring (bicyclic) bond motifs is 12. The van der Waals surface area contributed by atoms with Crippen molar-refractivity contribution in [1.82, 2.24) is 4.57 Å². The summed E-state index contributed by atoms with van der Waals surface area (Å²) < 4.78 is 8.67. The van der Waals surface area contributed by atoms with Gasteiger partial charge in [-0.15, -0.1) is 0 Å². The summed E-state index contributed by atoms with van der Waals surface area (Å²) >= 11 is 0. The smallest absolute Gasteiger partial charge is 0.136 e. The molecule has 2 heterocycles. The highest BCUT2D eigenvalue weighted by Gasteiger charge is 2.18. The van der Waals surface area contributed by atoms with Crippen LogP contribution in [0.3, 0.4) is 0 Å². The van der Waals surface area contributed by atoms with E-state index >= 15 is 0 Å². The van der Waals surface area contributed by atoms with Gasteiger partial charge in [-0.25, -0.2) is 0 Å². The summed E-state index contributed by atoms with van der Waals surface area (Å²) in [6.45, 7) is 0. The number of aromatic nitrogens is 1. The van der Waals surface area contributed by atoms with Gasteiger partial charge in [-0.2, -0.15) is 0 Å². The van der Waals surface area contributed by atoms with Crippen molar-refractivity contribution in [3.63, 3.8) is 0 Å². The van der Waals surface area contributed by atoms with Gasteiger partial charge in [-0.05, 0) is 138 Å².